The Morgan fingerprint density at radius 2 is 2.12 bits per heavy atom. The summed E-state index contributed by atoms with van der Waals surface area (Å²) in [5.41, 5.74) is 1.97. The third kappa shape index (κ3) is 4.35. The molecule has 0 bridgehead atoms. The number of hydrogen-bond donors (Lipinski definition) is 3. The number of para-hydroxylation sites is 1. The highest BCUT2D eigenvalue weighted by molar-refractivity contribution is 5.73. The van der Waals surface area contributed by atoms with Gasteiger partial charge in [0.15, 0.2) is 11.5 Å². The first kappa shape index (κ1) is 17.0. The molecule has 0 radical (unpaired) electrons. The zero-order valence-electron chi connectivity index (χ0n) is 14.1. The van der Waals surface area contributed by atoms with Crippen LogP contribution in [0.4, 0.5) is 4.79 Å². The fourth-order valence-corrected chi connectivity index (χ4v) is 2.85. The van der Waals surface area contributed by atoms with E-state index in [1.54, 1.807) is 18.2 Å². The highest BCUT2D eigenvalue weighted by atomic mass is 16.5. The highest BCUT2D eigenvalue weighted by Crippen LogP contribution is 2.27. The lowest BCUT2D eigenvalue weighted by Gasteiger charge is -2.25. The van der Waals surface area contributed by atoms with Crippen molar-refractivity contribution in [2.45, 2.75) is 13.0 Å². The van der Waals surface area contributed by atoms with Gasteiger partial charge in [0, 0.05) is 19.0 Å². The lowest BCUT2D eigenvalue weighted by Crippen LogP contribution is -2.40. The topological polar surface area (TPSA) is 79.8 Å². The summed E-state index contributed by atoms with van der Waals surface area (Å²) in [5.74, 6) is 1.65. The first-order valence-electron chi connectivity index (χ1n) is 8.24. The number of rotatable bonds is 5. The second-order valence-electron chi connectivity index (χ2n) is 6.06. The van der Waals surface area contributed by atoms with Crippen molar-refractivity contribution in [3.05, 3.63) is 53.6 Å². The second kappa shape index (κ2) is 7.79. The van der Waals surface area contributed by atoms with E-state index >= 15 is 0 Å². The van der Waals surface area contributed by atoms with E-state index in [1.165, 1.54) is 12.7 Å². The van der Waals surface area contributed by atoms with Crippen LogP contribution in [0.25, 0.3) is 0 Å². The molecule has 0 spiro atoms. The van der Waals surface area contributed by atoms with Crippen molar-refractivity contribution in [2.24, 2.45) is 5.92 Å². The van der Waals surface area contributed by atoms with Crippen molar-refractivity contribution < 1.29 is 19.4 Å². The Morgan fingerprint density at radius 1 is 1.28 bits per heavy atom. The number of carbonyl (C=O) groups excluding carboxylic acids is 1. The monoisotopic (exact) mass is 342 g/mol. The number of aromatic hydroxyl groups is 1. The fraction of sp³-hybridized carbons (Fsp3) is 0.316. The maximum atomic E-state index is 12.0. The molecule has 2 aromatic carbocycles. The van der Waals surface area contributed by atoms with Gasteiger partial charge in [0.1, 0.15) is 5.75 Å². The van der Waals surface area contributed by atoms with Crippen molar-refractivity contribution in [2.75, 3.05) is 20.3 Å². The number of phenolic OH excluding ortho intramolecular Hbond substituents is 1. The van der Waals surface area contributed by atoms with Crippen LogP contribution in [0.15, 0.2) is 42.5 Å². The van der Waals surface area contributed by atoms with Gasteiger partial charge in [0.25, 0.3) is 0 Å². The molecule has 6 heteroatoms. The summed E-state index contributed by atoms with van der Waals surface area (Å²) in [6.07, 6.45) is 0.892. The van der Waals surface area contributed by atoms with Crippen LogP contribution in [0, 0.1) is 5.92 Å². The summed E-state index contributed by atoms with van der Waals surface area (Å²) in [7, 11) is 1.49. The normalized spacial score (nSPS) is 15.6. The molecule has 1 aliphatic rings. The van der Waals surface area contributed by atoms with E-state index in [0.29, 0.717) is 25.4 Å². The number of ether oxygens (including phenoxy) is 2. The predicted octanol–water partition coefficient (Wildman–Crippen LogP) is 2.45. The van der Waals surface area contributed by atoms with Gasteiger partial charge in [-0.05, 0) is 35.7 Å². The maximum absolute atomic E-state index is 12.0. The fourth-order valence-electron chi connectivity index (χ4n) is 2.85. The number of urea groups is 1. The van der Waals surface area contributed by atoms with E-state index in [9.17, 15) is 9.90 Å². The van der Waals surface area contributed by atoms with Crippen LogP contribution in [0.5, 0.6) is 17.2 Å². The van der Waals surface area contributed by atoms with Gasteiger partial charge >= 0.3 is 6.03 Å². The van der Waals surface area contributed by atoms with Crippen LogP contribution in [-0.2, 0) is 13.0 Å². The summed E-state index contributed by atoms with van der Waals surface area (Å²) < 4.78 is 10.7. The number of amides is 2. The van der Waals surface area contributed by atoms with Crippen LogP contribution in [0.2, 0.25) is 0 Å². The number of benzene rings is 2. The Morgan fingerprint density at radius 3 is 2.92 bits per heavy atom. The lowest BCUT2D eigenvalue weighted by atomic mass is 9.97. The minimum absolute atomic E-state index is 0.0558. The average Bonchev–Trinajstić information content (AvgIpc) is 2.64. The Hall–Kier alpha value is -2.89. The van der Waals surface area contributed by atoms with E-state index in [4.69, 9.17) is 9.47 Å². The van der Waals surface area contributed by atoms with Gasteiger partial charge < -0.3 is 25.2 Å². The number of fused-ring (bicyclic) bond motifs is 1. The Kier molecular flexibility index (Phi) is 5.28. The van der Waals surface area contributed by atoms with Crippen LogP contribution in [-0.4, -0.2) is 31.4 Å². The lowest BCUT2D eigenvalue weighted by molar-refractivity contribution is 0.211. The van der Waals surface area contributed by atoms with Crippen molar-refractivity contribution in [3.63, 3.8) is 0 Å². The first-order chi connectivity index (χ1) is 12.2. The van der Waals surface area contributed by atoms with E-state index < -0.39 is 0 Å². The largest absolute Gasteiger partial charge is 0.504 e. The molecule has 1 heterocycles. The summed E-state index contributed by atoms with van der Waals surface area (Å²) >= 11 is 0. The Bertz CT molecular complexity index is 748. The number of carbonyl (C=O) groups is 1. The van der Waals surface area contributed by atoms with E-state index in [1.807, 2.05) is 18.2 Å². The number of phenols is 1. The van der Waals surface area contributed by atoms with Gasteiger partial charge in [-0.15, -0.1) is 0 Å². The van der Waals surface area contributed by atoms with Crippen LogP contribution < -0.4 is 20.1 Å². The summed E-state index contributed by atoms with van der Waals surface area (Å²) in [5, 5.41) is 15.4. The minimum atomic E-state index is -0.242. The summed E-state index contributed by atoms with van der Waals surface area (Å²) in [6, 6.07) is 12.8. The molecule has 0 fully saturated rings. The molecule has 0 saturated carbocycles. The molecule has 6 nitrogen and oxygen atoms in total. The zero-order valence-corrected chi connectivity index (χ0v) is 14.1. The van der Waals surface area contributed by atoms with Crippen molar-refractivity contribution in [1.29, 1.82) is 0 Å². The van der Waals surface area contributed by atoms with Gasteiger partial charge in [-0.2, -0.15) is 0 Å². The second-order valence-corrected chi connectivity index (χ2v) is 6.06. The standard InChI is InChI=1S/C19H22N2O4/c1-24-18-7-6-13(9-16(18)22)10-20-19(23)21-11-14-8-15-4-2-3-5-17(15)25-12-14/h2-7,9,14,22H,8,10-12H2,1H3,(H2,20,21,23)/t14-/m1/s1. The molecule has 1 aliphatic heterocycles. The predicted molar refractivity (Wildman–Crippen MR) is 94.0 cm³/mol. The van der Waals surface area contributed by atoms with E-state index in [-0.39, 0.29) is 17.7 Å². The molecule has 2 amide bonds. The van der Waals surface area contributed by atoms with Gasteiger partial charge in [0.05, 0.1) is 13.7 Å². The molecule has 0 saturated heterocycles. The zero-order chi connectivity index (χ0) is 17.6. The van der Waals surface area contributed by atoms with Crippen LogP contribution >= 0.6 is 0 Å². The molecule has 0 unspecified atom stereocenters. The number of methoxy groups -OCH3 is 1. The van der Waals surface area contributed by atoms with Crippen molar-refractivity contribution in [3.8, 4) is 17.2 Å². The van der Waals surface area contributed by atoms with Gasteiger partial charge in [-0.25, -0.2) is 4.79 Å². The van der Waals surface area contributed by atoms with Gasteiger partial charge in [-0.1, -0.05) is 24.3 Å². The SMILES string of the molecule is COc1ccc(CNC(=O)NC[C@@H]2COc3ccccc3C2)cc1O. The third-order valence-electron chi connectivity index (χ3n) is 4.20. The third-order valence-corrected chi connectivity index (χ3v) is 4.20. The summed E-state index contributed by atoms with van der Waals surface area (Å²) in [6.45, 7) is 1.48. The Balaban J connectivity index is 1.44. The molecule has 25 heavy (non-hydrogen) atoms. The highest BCUT2D eigenvalue weighted by Gasteiger charge is 2.19. The molecular weight excluding hydrogens is 320 g/mol. The molecule has 3 N–H and O–H groups in total. The minimum Gasteiger partial charge on any atom is -0.504 e. The molecule has 3 rings (SSSR count). The van der Waals surface area contributed by atoms with E-state index in [0.717, 1.165) is 17.7 Å². The van der Waals surface area contributed by atoms with Crippen molar-refractivity contribution >= 4 is 6.03 Å². The van der Waals surface area contributed by atoms with Gasteiger partial charge in [-0.3, -0.25) is 0 Å². The first-order valence-corrected chi connectivity index (χ1v) is 8.24. The number of hydrogen-bond acceptors (Lipinski definition) is 4. The molecule has 0 aliphatic carbocycles. The Labute approximate surface area is 146 Å². The van der Waals surface area contributed by atoms with Crippen LogP contribution in [0.1, 0.15) is 11.1 Å². The van der Waals surface area contributed by atoms with Gasteiger partial charge in [0.2, 0.25) is 0 Å². The van der Waals surface area contributed by atoms with Crippen LogP contribution in [0.3, 0.4) is 0 Å². The maximum Gasteiger partial charge on any atom is 0.315 e. The molecule has 0 aromatic heterocycles. The molecular formula is C19H22N2O4. The molecule has 1 atom stereocenters. The average molecular weight is 342 g/mol. The molecule has 2 aromatic rings. The summed E-state index contributed by atoms with van der Waals surface area (Å²) in [4.78, 5) is 12.0. The van der Waals surface area contributed by atoms with Crippen molar-refractivity contribution in [1.82, 2.24) is 10.6 Å². The quantitative estimate of drug-likeness (QED) is 0.780. The number of nitrogens with one attached hydrogen (secondary N) is 2. The molecule has 132 valence electrons. The van der Waals surface area contributed by atoms with E-state index in [2.05, 4.69) is 16.7 Å². The smallest absolute Gasteiger partial charge is 0.315 e.